The zero-order valence-corrected chi connectivity index (χ0v) is 24.2. The Bertz CT molecular complexity index is 1240. The summed E-state index contributed by atoms with van der Waals surface area (Å²) in [6, 6.07) is 16.0. The van der Waals surface area contributed by atoms with Crippen LogP contribution in [0.2, 0.25) is 0 Å². The van der Waals surface area contributed by atoms with Gasteiger partial charge in [-0.05, 0) is 65.5 Å². The maximum Gasteiger partial charge on any atom is 0.252 e. The van der Waals surface area contributed by atoms with Crippen LogP contribution in [0.1, 0.15) is 73.6 Å². The lowest BCUT2D eigenvalue weighted by molar-refractivity contribution is -0.129. The second-order valence-electron chi connectivity index (χ2n) is 11.6. The van der Waals surface area contributed by atoms with Gasteiger partial charge in [0.1, 0.15) is 12.1 Å². The van der Waals surface area contributed by atoms with Gasteiger partial charge in [0.2, 0.25) is 11.6 Å². The average molecular weight is 564 g/mol. The monoisotopic (exact) mass is 563 g/mol. The highest BCUT2D eigenvalue weighted by Crippen LogP contribution is 2.15. The molecule has 2 aromatic carbocycles. The minimum atomic E-state index is -1.09. The summed E-state index contributed by atoms with van der Waals surface area (Å²) in [5, 5.41) is 9.75. The summed E-state index contributed by atoms with van der Waals surface area (Å²) in [6.45, 7) is 10.7. The quantitative estimate of drug-likeness (QED) is 0.151. The SMILES string of the molecule is CC(C)(C)ON[C@@H](Cc1ccccc1)C(=O)C(=O)c1n[nH]nc1C(=O)C(=O)[C@H](Cc1ccccc1)NOC(C)(C)C. The lowest BCUT2D eigenvalue weighted by Crippen LogP contribution is -2.47. The first-order valence-corrected chi connectivity index (χ1v) is 13.3. The molecule has 1 heterocycles. The molecular weight excluding hydrogens is 526 g/mol. The van der Waals surface area contributed by atoms with Crippen molar-refractivity contribution in [3.8, 4) is 0 Å². The number of rotatable bonds is 14. The standard InChI is InChI=1S/C30H37N5O6/c1-29(2,3)40-33-21(17-19-13-9-7-10-14-19)25(36)27(38)23-24(32-35-31-23)28(39)26(37)22(34-41-30(4,5)6)18-20-15-11-8-12-16-20/h7-16,21-22,33-34H,17-18H2,1-6H3,(H,31,32,35)/t21-,22-/m0/s1. The van der Waals surface area contributed by atoms with Gasteiger partial charge in [-0.15, -0.1) is 0 Å². The first-order chi connectivity index (χ1) is 19.2. The third-order valence-corrected chi connectivity index (χ3v) is 5.64. The molecule has 3 aromatic rings. The van der Waals surface area contributed by atoms with Gasteiger partial charge in [0.15, 0.2) is 11.4 Å². The van der Waals surface area contributed by atoms with Gasteiger partial charge in [0.25, 0.3) is 11.6 Å². The highest BCUT2D eigenvalue weighted by atomic mass is 16.7. The van der Waals surface area contributed by atoms with E-state index in [1.807, 2.05) is 60.7 Å². The Morgan fingerprint density at radius 2 is 1.00 bits per heavy atom. The van der Waals surface area contributed by atoms with E-state index in [1.54, 1.807) is 41.5 Å². The number of aromatic nitrogens is 3. The van der Waals surface area contributed by atoms with Crippen molar-refractivity contribution < 1.29 is 28.9 Å². The summed E-state index contributed by atoms with van der Waals surface area (Å²) in [6.07, 6.45) is 0.267. The van der Waals surface area contributed by atoms with Gasteiger partial charge in [0, 0.05) is 0 Å². The molecule has 0 saturated heterocycles. The normalized spacial score (nSPS) is 13.4. The number of hydrogen-bond donors (Lipinski definition) is 3. The highest BCUT2D eigenvalue weighted by molar-refractivity contribution is 6.50. The molecule has 0 saturated carbocycles. The van der Waals surface area contributed by atoms with E-state index >= 15 is 0 Å². The molecule has 0 radical (unpaired) electrons. The van der Waals surface area contributed by atoms with E-state index in [2.05, 4.69) is 26.4 Å². The fourth-order valence-corrected chi connectivity index (χ4v) is 3.67. The molecular formula is C30H37N5O6. The summed E-state index contributed by atoms with van der Waals surface area (Å²) in [5.74, 6) is -3.97. The molecule has 11 heteroatoms. The number of nitrogens with zero attached hydrogens (tertiary/aromatic N) is 2. The Kier molecular flexibility index (Phi) is 10.5. The third-order valence-electron chi connectivity index (χ3n) is 5.64. The van der Waals surface area contributed by atoms with Crippen molar-refractivity contribution in [2.75, 3.05) is 0 Å². The number of aromatic amines is 1. The van der Waals surface area contributed by atoms with Crippen LogP contribution in [0.4, 0.5) is 0 Å². The van der Waals surface area contributed by atoms with E-state index in [0.717, 1.165) is 11.1 Å². The average Bonchev–Trinajstić information content (AvgIpc) is 3.42. The molecule has 0 amide bonds. The summed E-state index contributed by atoms with van der Waals surface area (Å²) < 4.78 is 0. The van der Waals surface area contributed by atoms with Crippen molar-refractivity contribution in [2.45, 2.75) is 77.7 Å². The number of hydroxylamine groups is 2. The van der Waals surface area contributed by atoms with Gasteiger partial charge < -0.3 is 0 Å². The second-order valence-corrected chi connectivity index (χ2v) is 11.6. The van der Waals surface area contributed by atoms with Gasteiger partial charge in [-0.2, -0.15) is 26.4 Å². The Morgan fingerprint density at radius 1 is 0.659 bits per heavy atom. The highest BCUT2D eigenvalue weighted by Gasteiger charge is 2.37. The van der Waals surface area contributed by atoms with Crippen LogP contribution < -0.4 is 11.0 Å². The van der Waals surface area contributed by atoms with Gasteiger partial charge >= 0.3 is 0 Å². The number of carbonyl (C=O) groups excluding carboxylic acids is 4. The number of hydrogen-bond acceptors (Lipinski definition) is 10. The number of H-pyrrole nitrogens is 1. The molecule has 0 unspecified atom stereocenters. The van der Waals surface area contributed by atoms with Gasteiger partial charge in [-0.3, -0.25) is 28.9 Å². The van der Waals surface area contributed by atoms with Crippen molar-refractivity contribution in [3.63, 3.8) is 0 Å². The Morgan fingerprint density at radius 3 is 1.32 bits per heavy atom. The summed E-state index contributed by atoms with van der Waals surface area (Å²) in [4.78, 5) is 64.7. The van der Waals surface area contributed by atoms with Crippen LogP contribution >= 0.6 is 0 Å². The molecule has 2 atom stereocenters. The fraction of sp³-hybridized carbons (Fsp3) is 0.400. The van der Waals surface area contributed by atoms with E-state index in [-0.39, 0.29) is 12.8 Å². The van der Waals surface area contributed by atoms with Gasteiger partial charge in [0.05, 0.1) is 11.2 Å². The third kappa shape index (κ3) is 9.61. The lowest BCUT2D eigenvalue weighted by atomic mass is 9.96. The van der Waals surface area contributed by atoms with Crippen LogP contribution in [0.25, 0.3) is 0 Å². The summed E-state index contributed by atoms with van der Waals surface area (Å²) >= 11 is 0. The van der Waals surface area contributed by atoms with E-state index in [1.165, 1.54) is 0 Å². The topological polar surface area (TPSA) is 152 Å². The van der Waals surface area contributed by atoms with Gasteiger partial charge in [-0.25, -0.2) is 0 Å². The molecule has 1 aromatic heterocycles. The second kappa shape index (κ2) is 13.6. The zero-order chi connectivity index (χ0) is 30.2. The van der Waals surface area contributed by atoms with E-state index < -0.39 is 57.8 Å². The summed E-state index contributed by atoms with van der Waals surface area (Å²) in [7, 11) is 0. The van der Waals surface area contributed by atoms with Crippen LogP contribution in [0.5, 0.6) is 0 Å². The Labute approximate surface area is 239 Å². The largest absolute Gasteiger partial charge is 0.295 e. The molecule has 0 bridgehead atoms. The molecule has 3 N–H and O–H groups in total. The van der Waals surface area contributed by atoms with Crippen LogP contribution in [0, 0.1) is 0 Å². The van der Waals surface area contributed by atoms with E-state index in [4.69, 9.17) is 9.68 Å². The lowest BCUT2D eigenvalue weighted by Gasteiger charge is -2.24. The minimum absolute atomic E-state index is 0.134. The molecule has 0 spiro atoms. The molecule has 218 valence electrons. The van der Waals surface area contributed by atoms with Crippen molar-refractivity contribution in [3.05, 3.63) is 83.2 Å². The first kappa shape index (κ1) is 31.6. The Balaban J connectivity index is 1.85. The molecule has 11 nitrogen and oxygen atoms in total. The zero-order valence-electron chi connectivity index (χ0n) is 24.2. The van der Waals surface area contributed by atoms with Crippen molar-refractivity contribution in [1.29, 1.82) is 0 Å². The number of carbonyl (C=O) groups is 4. The number of nitrogens with one attached hydrogen (secondary N) is 3. The number of Topliss-reactive ketones (excluding diaryl/α,β-unsaturated/α-hetero) is 4. The van der Waals surface area contributed by atoms with Crippen LogP contribution in [0.15, 0.2) is 60.7 Å². The van der Waals surface area contributed by atoms with Gasteiger partial charge in [-0.1, -0.05) is 60.7 Å². The van der Waals surface area contributed by atoms with Crippen molar-refractivity contribution in [2.24, 2.45) is 0 Å². The van der Waals surface area contributed by atoms with Crippen molar-refractivity contribution in [1.82, 2.24) is 26.4 Å². The Hall–Kier alpha value is -3.90. The molecule has 0 aliphatic heterocycles. The fourth-order valence-electron chi connectivity index (χ4n) is 3.67. The summed E-state index contributed by atoms with van der Waals surface area (Å²) in [5.41, 5.74) is 4.55. The van der Waals surface area contributed by atoms with E-state index in [9.17, 15) is 19.2 Å². The molecule has 0 aliphatic rings. The predicted octanol–water partition coefficient (Wildman–Crippen LogP) is 3.17. The number of benzene rings is 2. The molecule has 3 rings (SSSR count). The number of ketones is 4. The van der Waals surface area contributed by atoms with E-state index in [0.29, 0.717) is 0 Å². The van der Waals surface area contributed by atoms with Crippen molar-refractivity contribution >= 4 is 23.1 Å². The first-order valence-electron chi connectivity index (χ1n) is 13.3. The maximum absolute atomic E-state index is 13.4. The minimum Gasteiger partial charge on any atom is -0.295 e. The van der Waals surface area contributed by atoms with Crippen LogP contribution in [0.3, 0.4) is 0 Å². The van der Waals surface area contributed by atoms with Crippen LogP contribution in [-0.2, 0) is 32.1 Å². The van der Waals surface area contributed by atoms with Crippen LogP contribution in [-0.4, -0.2) is 61.8 Å². The molecule has 0 fully saturated rings. The molecule has 0 aliphatic carbocycles. The maximum atomic E-state index is 13.4. The predicted molar refractivity (Wildman–Crippen MR) is 151 cm³/mol. The molecule has 41 heavy (non-hydrogen) atoms. The smallest absolute Gasteiger partial charge is 0.252 e.